The Morgan fingerprint density at radius 2 is 1.88 bits per heavy atom. The van der Waals surface area contributed by atoms with E-state index in [0.29, 0.717) is 22.2 Å². The van der Waals surface area contributed by atoms with Crippen molar-refractivity contribution in [3.05, 3.63) is 74.4 Å². The van der Waals surface area contributed by atoms with Gasteiger partial charge in [-0.05, 0) is 37.3 Å². The average Bonchev–Trinajstić information content (AvgIpc) is 2.99. The zero-order chi connectivity index (χ0) is 17.3. The van der Waals surface area contributed by atoms with Crippen LogP contribution in [0.4, 0.5) is 5.69 Å². The molecule has 0 aliphatic rings. The summed E-state index contributed by atoms with van der Waals surface area (Å²) in [6.45, 7) is 1.62. The summed E-state index contributed by atoms with van der Waals surface area (Å²) in [7, 11) is 0. The Balaban J connectivity index is 1.86. The van der Waals surface area contributed by atoms with E-state index in [1.165, 1.54) is 12.1 Å². The second-order valence-electron chi connectivity index (χ2n) is 5.00. The van der Waals surface area contributed by atoms with Crippen molar-refractivity contribution in [3.63, 3.8) is 0 Å². The quantitative estimate of drug-likeness (QED) is 0.472. The molecule has 0 fully saturated rings. The Labute approximate surface area is 147 Å². The Morgan fingerprint density at radius 3 is 2.54 bits per heavy atom. The molecule has 0 bridgehead atoms. The molecule has 0 amide bonds. The molecule has 0 unspecified atom stereocenters. The summed E-state index contributed by atoms with van der Waals surface area (Å²) >= 11 is 11.9. The first-order valence-corrected chi connectivity index (χ1v) is 7.63. The van der Waals surface area contributed by atoms with Crippen LogP contribution < -0.4 is 4.74 Å². The van der Waals surface area contributed by atoms with Crippen molar-refractivity contribution in [1.82, 2.24) is 9.78 Å². The monoisotopic (exact) mass is 363 g/mol. The van der Waals surface area contributed by atoms with E-state index in [9.17, 15) is 10.1 Å². The highest BCUT2D eigenvalue weighted by Gasteiger charge is 2.16. The van der Waals surface area contributed by atoms with Crippen molar-refractivity contribution in [2.45, 2.75) is 6.92 Å². The summed E-state index contributed by atoms with van der Waals surface area (Å²) in [6, 6.07) is 11.6. The molecular formula is C16H11Cl2N3O3. The zero-order valence-corrected chi connectivity index (χ0v) is 14.0. The molecule has 0 N–H and O–H groups in total. The summed E-state index contributed by atoms with van der Waals surface area (Å²) in [5, 5.41) is 16.0. The summed E-state index contributed by atoms with van der Waals surface area (Å²) in [5.41, 5.74) is 1.22. The van der Waals surface area contributed by atoms with Gasteiger partial charge in [-0.15, -0.1) is 5.10 Å². The van der Waals surface area contributed by atoms with E-state index >= 15 is 0 Å². The molecule has 3 aromatic rings. The van der Waals surface area contributed by atoms with Crippen molar-refractivity contribution < 1.29 is 9.66 Å². The van der Waals surface area contributed by atoms with E-state index in [0.717, 1.165) is 5.69 Å². The molecule has 3 rings (SSSR count). The lowest BCUT2D eigenvalue weighted by Crippen LogP contribution is -1.96. The van der Waals surface area contributed by atoms with E-state index < -0.39 is 4.92 Å². The lowest BCUT2D eigenvalue weighted by Gasteiger charge is -2.06. The number of rotatable bonds is 4. The first kappa shape index (κ1) is 16.3. The summed E-state index contributed by atoms with van der Waals surface area (Å²) < 4.78 is 7.26. The summed E-state index contributed by atoms with van der Waals surface area (Å²) in [4.78, 5) is 10.4. The van der Waals surface area contributed by atoms with Crippen molar-refractivity contribution >= 4 is 28.9 Å². The number of aromatic nitrogens is 2. The number of benzene rings is 2. The summed E-state index contributed by atoms with van der Waals surface area (Å²) in [6.07, 6.45) is 1.73. The number of aryl methyl sites for hydroxylation is 1. The van der Waals surface area contributed by atoms with Crippen molar-refractivity contribution in [2.75, 3.05) is 0 Å². The summed E-state index contributed by atoms with van der Waals surface area (Å²) in [5.74, 6) is 0.626. The van der Waals surface area contributed by atoms with E-state index in [-0.39, 0.29) is 10.7 Å². The molecule has 0 aliphatic heterocycles. The van der Waals surface area contributed by atoms with Gasteiger partial charge in [-0.2, -0.15) is 0 Å². The largest absolute Gasteiger partial charge is 0.436 e. The van der Waals surface area contributed by atoms with Gasteiger partial charge in [0.25, 0.3) is 5.69 Å². The fraction of sp³-hybridized carbons (Fsp3) is 0.0625. The molecule has 1 aromatic heterocycles. The molecular weight excluding hydrogens is 353 g/mol. The highest BCUT2D eigenvalue weighted by molar-refractivity contribution is 6.32. The van der Waals surface area contributed by atoms with Crippen LogP contribution in [0.25, 0.3) is 5.69 Å². The molecule has 0 aliphatic carbocycles. The molecule has 0 atom stereocenters. The van der Waals surface area contributed by atoms with Crippen LogP contribution in [0.3, 0.4) is 0 Å². The van der Waals surface area contributed by atoms with Crippen LogP contribution in [-0.2, 0) is 0 Å². The van der Waals surface area contributed by atoms with Crippen molar-refractivity contribution in [3.8, 4) is 17.3 Å². The van der Waals surface area contributed by atoms with Gasteiger partial charge in [0, 0.05) is 28.9 Å². The number of halogens is 2. The minimum absolute atomic E-state index is 0.0564. The number of ether oxygens (including phenoxy) is 1. The smallest absolute Gasteiger partial charge is 0.274 e. The van der Waals surface area contributed by atoms with Gasteiger partial charge in [0.15, 0.2) is 0 Å². The minimum Gasteiger partial charge on any atom is -0.436 e. The second-order valence-corrected chi connectivity index (χ2v) is 5.85. The predicted molar refractivity (Wildman–Crippen MR) is 91.5 cm³/mol. The van der Waals surface area contributed by atoms with Gasteiger partial charge < -0.3 is 4.74 Å². The third-order valence-corrected chi connectivity index (χ3v) is 3.86. The lowest BCUT2D eigenvalue weighted by atomic mass is 10.2. The average molecular weight is 364 g/mol. The van der Waals surface area contributed by atoms with E-state index in [1.807, 2.05) is 12.1 Å². The molecule has 1 heterocycles. The number of nitro benzene ring substituents is 1. The van der Waals surface area contributed by atoms with Gasteiger partial charge in [-0.1, -0.05) is 23.2 Å². The van der Waals surface area contributed by atoms with Crippen LogP contribution in [0.15, 0.2) is 48.7 Å². The molecule has 0 saturated heterocycles. The number of nitro groups is 1. The lowest BCUT2D eigenvalue weighted by molar-refractivity contribution is -0.385. The highest BCUT2D eigenvalue weighted by Crippen LogP contribution is 2.34. The first-order chi connectivity index (χ1) is 11.4. The van der Waals surface area contributed by atoms with Gasteiger partial charge in [-0.3, -0.25) is 10.1 Å². The van der Waals surface area contributed by atoms with Gasteiger partial charge in [0.05, 0.1) is 15.6 Å². The predicted octanol–water partition coefficient (Wildman–Crippen LogP) is 5.19. The Hall–Kier alpha value is -2.57. The normalized spacial score (nSPS) is 10.6. The molecule has 0 saturated carbocycles. The maximum absolute atomic E-state index is 10.9. The Morgan fingerprint density at radius 1 is 1.17 bits per heavy atom. The molecule has 2 aromatic carbocycles. The molecule has 24 heavy (non-hydrogen) atoms. The van der Waals surface area contributed by atoms with Crippen LogP contribution in [-0.4, -0.2) is 14.7 Å². The third-order valence-electron chi connectivity index (χ3n) is 3.32. The van der Waals surface area contributed by atoms with Gasteiger partial charge in [-0.25, -0.2) is 4.68 Å². The SMILES string of the molecule is Cc1cc(Oc2ccn(-c3ccc(Cl)cc3)n2)c(Cl)cc1[N+](=O)[O-]. The van der Waals surface area contributed by atoms with E-state index in [1.54, 1.807) is 36.0 Å². The fourth-order valence-electron chi connectivity index (χ4n) is 2.13. The number of nitrogens with zero attached hydrogens (tertiary/aromatic N) is 3. The highest BCUT2D eigenvalue weighted by atomic mass is 35.5. The van der Waals surface area contributed by atoms with E-state index in [2.05, 4.69) is 5.10 Å². The van der Waals surface area contributed by atoms with Crippen molar-refractivity contribution in [1.29, 1.82) is 0 Å². The van der Waals surface area contributed by atoms with Crippen molar-refractivity contribution in [2.24, 2.45) is 0 Å². The molecule has 122 valence electrons. The number of hydrogen-bond donors (Lipinski definition) is 0. The van der Waals surface area contributed by atoms with Crippen LogP contribution in [0.2, 0.25) is 10.0 Å². The minimum atomic E-state index is -0.486. The third kappa shape index (κ3) is 3.34. The Kier molecular flexibility index (Phi) is 4.42. The van der Waals surface area contributed by atoms with Crippen LogP contribution in [0, 0.1) is 17.0 Å². The Bertz CT molecular complexity index is 907. The van der Waals surface area contributed by atoms with Gasteiger partial charge in [0.1, 0.15) is 5.75 Å². The first-order valence-electron chi connectivity index (χ1n) is 6.88. The van der Waals surface area contributed by atoms with Crippen LogP contribution in [0.1, 0.15) is 5.56 Å². The van der Waals surface area contributed by atoms with Gasteiger partial charge in [0.2, 0.25) is 5.88 Å². The maximum atomic E-state index is 10.9. The second kappa shape index (κ2) is 6.51. The fourth-order valence-corrected chi connectivity index (χ4v) is 2.45. The molecule has 0 radical (unpaired) electrons. The number of hydrogen-bond acceptors (Lipinski definition) is 4. The maximum Gasteiger partial charge on any atom is 0.274 e. The van der Waals surface area contributed by atoms with E-state index in [4.69, 9.17) is 27.9 Å². The van der Waals surface area contributed by atoms with Crippen LogP contribution in [0.5, 0.6) is 11.6 Å². The molecule has 6 nitrogen and oxygen atoms in total. The van der Waals surface area contributed by atoms with Crippen LogP contribution >= 0.6 is 23.2 Å². The molecule has 8 heteroatoms. The topological polar surface area (TPSA) is 70.2 Å². The van der Waals surface area contributed by atoms with Gasteiger partial charge >= 0.3 is 0 Å². The zero-order valence-electron chi connectivity index (χ0n) is 12.4. The molecule has 0 spiro atoms. The standard InChI is InChI=1S/C16H11Cl2N3O3/c1-10-8-15(13(18)9-14(10)21(22)23)24-16-6-7-20(19-16)12-4-2-11(17)3-5-12/h2-9H,1H3.